The molecule has 0 aliphatic carbocycles. The van der Waals surface area contributed by atoms with Gasteiger partial charge in [0.15, 0.2) is 0 Å². The molecule has 1 N–H and O–H groups in total. The Kier molecular flexibility index (Phi) is 3.57. The van der Waals surface area contributed by atoms with Crippen molar-refractivity contribution in [3.05, 3.63) is 71.0 Å². The highest BCUT2D eigenvalue weighted by atomic mass is 35.5. The third-order valence-corrected chi connectivity index (χ3v) is 3.81. The molecule has 100 valence electrons. The van der Waals surface area contributed by atoms with Gasteiger partial charge in [-0.3, -0.25) is 4.98 Å². The number of fused-ring (bicyclic) bond motifs is 1. The summed E-state index contributed by atoms with van der Waals surface area (Å²) in [6, 6.07) is 14.4. The fraction of sp³-hybridized carbons (Fsp3) is 0.118. The number of pyridine rings is 1. The van der Waals surface area contributed by atoms with Crippen molar-refractivity contribution >= 4 is 28.1 Å². The molecule has 0 saturated carbocycles. The van der Waals surface area contributed by atoms with Crippen LogP contribution in [0.2, 0.25) is 5.02 Å². The zero-order valence-corrected chi connectivity index (χ0v) is 12.0. The summed E-state index contributed by atoms with van der Waals surface area (Å²) in [5, 5.41) is 6.58. The van der Waals surface area contributed by atoms with Gasteiger partial charge in [0.05, 0.1) is 0 Å². The van der Waals surface area contributed by atoms with Crippen LogP contribution in [0.1, 0.15) is 11.1 Å². The van der Waals surface area contributed by atoms with Crippen molar-refractivity contribution in [1.29, 1.82) is 0 Å². The van der Waals surface area contributed by atoms with Gasteiger partial charge in [-0.05, 0) is 41.6 Å². The minimum atomic E-state index is 0.744. The first-order chi connectivity index (χ1) is 9.74. The molecule has 3 rings (SSSR count). The third kappa shape index (κ3) is 2.61. The molecule has 0 fully saturated rings. The quantitative estimate of drug-likeness (QED) is 0.746. The number of hydrogen-bond acceptors (Lipinski definition) is 2. The summed E-state index contributed by atoms with van der Waals surface area (Å²) in [4.78, 5) is 4.19. The number of halogens is 1. The second kappa shape index (κ2) is 5.51. The number of hydrogen-bond donors (Lipinski definition) is 1. The van der Waals surface area contributed by atoms with E-state index in [1.165, 1.54) is 10.9 Å². The van der Waals surface area contributed by atoms with Gasteiger partial charge in [0.25, 0.3) is 0 Å². The topological polar surface area (TPSA) is 24.9 Å². The van der Waals surface area contributed by atoms with E-state index in [1.54, 1.807) is 0 Å². The number of benzene rings is 2. The summed E-state index contributed by atoms with van der Waals surface area (Å²) in [5.74, 6) is 0. The average molecular weight is 283 g/mol. The van der Waals surface area contributed by atoms with Crippen LogP contribution in [0.4, 0.5) is 5.69 Å². The van der Waals surface area contributed by atoms with E-state index in [2.05, 4.69) is 28.5 Å². The molecule has 0 bridgehead atoms. The van der Waals surface area contributed by atoms with Crippen molar-refractivity contribution in [2.45, 2.75) is 13.5 Å². The molecule has 0 saturated heterocycles. The number of rotatable bonds is 3. The lowest BCUT2D eigenvalue weighted by atomic mass is 10.1. The zero-order chi connectivity index (χ0) is 13.9. The van der Waals surface area contributed by atoms with Gasteiger partial charge in [0, 0.05) is 35.0 Å². The molecular weight excluding hydrogens is 268 g/mol. The summed E-state index contributed by atoms with van der Waals surface area (Å²) in [5.41, 5.74) is 3.36. The number of nitrogens with one attached hydrogen (secondary N) is 1. The Morgan fingerprint density at radius 1 is 1.15 bits per heavy atom. The number of aryl methyl sites for hydroxylation is 1. The highest BCUT2D eigenvalue weighted by molar-refractivity contribution is 6.31. The largest absolute Gasteiger partial charge is 0.380 e. The molecule has 2 aromatic carbocycles. The molecule has 0 aliphatic rings. The van der Waals surface area contributed by atoms with E-state index in [9.17, 15) is 0 Å². The fourth-order valence-corrected chi connectivity index (χ4v) is 2.41. The Labute approximate surface area is 123 Å². The normalized spacial score (nSPS) is 10.7. The maximum absolute atomic E-state index is 6.15. The predicted octanol–water partition coefficient (Wildman–Crippen LogP) is 4.81. The van der Waals surface area contributed by atoms with Gasteiger partial charge in [-0.2, -0.15) is 0 Å². The number of nitrogens with zero attached hydrogens (tertiary/aromatic N) is 1. The molecule has 0 spiro atoms. The summed E-state index contributed by atoms with van der Waals surface area (Å²) in [6.07, 6.45) is 3.70. The Bertz CT molecular complexity index is 748. The lowest BCUT2D eigenvalue weighted by Crippen LogP contribution is -2.00. The SMILES string of the molecule is Cc1ccc(CNc2cccc3ccncc23)cc1Cl. The Morgan fingerprint density at radius 2 is 2.05 bits per heavy atom. The van der Waals surface area contributed by atoms with Gasteiger partial charge < -0.3 is 5.32 Å². The van der Waals surface area contributed by atoms with Crippen LogP contribution in [0.5, 0.6) is 0 Å². The Hall–Kier alpha value is -2.06. The van der Waals surface area contributed by atoms with E-state index in [0.29, 0.717) is 0 Å². The summed E-state index contributed by atoms with van der Waals surface area (Å²) < 4.78 is 0. The maximum Gasteiger partial charge on any atom is 0.0438 e. The summed E-state index contributed by atoms with van der Waals surface area (Å²) >= 11 is 6.15. The number of aromatic nitrogens is 1. The van der Waals surface area contributed by atoms with Crippen molar-refractivity contribution in [2.75, 3.05) is 5.32 Å². The van der Waals surface area contributed by atoms with E-state index in [0.717, 1.165) is 28.2 Å². The standard InChI is InChI=1S/C17H15ClN2/c1-12-5-6-13(9-16(12)18)10-20-17-4-2-3-14-7-8-19-11-15(14)17/h2-9,11,20H,10H2,1H3. The molecular formula is C17H15ClN2. The van der Waals surface area contributed by atoms with E-state index < -0.39 is 0 Å². The molecule has 3 heteroatoms. The fourth-order valence-electron chi connectivity index (χ4n) is 2.21. The second-order valence-electron chi connectivity index (χ2n) is 4.84. The van der Waals surface area contributed by atoms with Gasteiger partial charge in [-0.1, -0.05) is 35.9 Å². The minimum Gasteiger partial charge on any atom is -0.380 e. The molecule has 1 aromatic heterocycles. The van der Waals surface area contributed by atoms with Gasteiger partial charge in [0.1, 0.15) is 0 Å². The Morgan fingerprint density at radius 3 is 2.90 bits per heavy atom. The molecule has 0 radical (unpaired) electrons. The van der Waals surface area contributed by atoms with Crippen molar-refractivity contribution in [2.24, 2.45) is 0 Å². The van der Waals surface area contributed by atoms with E-state index >= 15 is 0 Å². The monoisotopic (exact) mass is 282 g/mol. The smallest absolute Gasteiger partial charge is 0.0438 e. The van der Waals surface area contributed by atoms with Crippen LogP contribution >= 0.6 is 11.6 Å². The summed E-state index contributed by atoms with van der Waals surface area (Å²) in [6.45, 7) is 2.75. The molecule has 20 heavy (non-hydrogen) atoms. The van der Waals surface area contributed by atoms with Crippen LogP contribution < -0.4 is 5.32 Å². The molecule has 0 unspecified atom stereocenters. The van der Waals surface area contributed by atoms with Crippen LogP contribution in [0, 0.1) is 6.92 Å². The molecule has 0 amide bonds. The molecule has 0 atom stereocenters. The van der Waals surface area contributed by atoms with Crippen LogP contribution in [-0.2, 0) is 6.54 Å². The average Bonchev–Trinajstić information content (AvgIpc) is 2.48. The van der Waals surface area contributed by atoms with Crippen molar-refractivity contribution < 1.29 is 0 Å². The highest BCUT2D eigenvalue weighted by Gasteiger charge is 2.02. The lowest BCUT2D eigenvalue weighted by molar-refractivity contribution is 1.15. The first kappa shape index (κ1) is 12.9. The van der Waals surface area contributed by atoms with Crippen LogP contribution in [0.25, 0.3) is 10.8 Å². The molecule has 3 aromatic rings. The van der Waals surface area contributed by atoms with Gasteiger partial charge in [-0.15, -0.1) is 0 Å². The summed E-state index contributed by atoms with van der Waals surface area (Å²) in [7, 11) is 0. The highest BCUT2D eigenvalue weighted by Crippen LogP contribution is 2.23. The Balaban J connectivity index is 1.85. The molecule has 2 nitrogen and oxygen atoms in total. The van der Waals surface area contributed by atoms with Crippen molar-refractivity contribution in [3.63, 3.8) is 0 Å². The third-order valence-electron chi connectivity index (χ3n) is 3.40. The van der Waals surface area contributed by atoms with Crippen LogP contribution in [-0.4, -0.2) is 4.98 Å². The molecule has 0 aliphatic heterocycles. The lowest BCUT2D eigenvalue weighted by Gasteiger charge is -2.10. The van der Waals surface area contributed by atoms with Gasteiger partial charge >= 0.3 is 0 Å². The number of anilines is 1. The zero-order valence-electron chi connectivity index (χ0n) is 11.2. The van der Waals surface area contributed by atoms with Gasteiger partial charge in [-0.25, -0.2) is 0 Å². The van der Waals surface area contributed by atoms with Crippen molar-refractivity contribution in [3.8, 4) is 0 Å². The van der Waals surface area contributed by atoms with Gasteiger partial charge in [0.2, 0.25) is 0 Å². The predicted molar refractivity (Wildman–Crippen MR) is 85.3 cm³/mol. The van der Waals surface area contributed by atoms with E-state index in [1.807, 2.05) is 43.6 Å². The molecule has 1 heterocycles. The van der Waals surface area contributed by atoms with Crippen LogP contribution in [0.15, 0.2) is 54.9 Å². The van der Waals surface area contributed by atoms with E-state index in [4.69, 9.17) is 11.6 Å². The van der Waals surface area contributed by atoms with Crippen molar-refractivity contribution in [1.82, 2.24) is 4.98 Å². The van der Waals surface area contributed by atoms with E-state index in [-0.39, 0.29) is 0 Å². The second-order valence-corrected chi connectivity index (χ2v) is 5.25. The maximum atomic E-state index is 6.15. The first-order valence-electron chi connectivity index (χ1n) is 6.56. The van der Waals surface area contributed by atoms with Crippen LogP contribution in [0.3, 0.4) is 0 Å². The minimum absolute atomic E-state index is 0.744. The first-order valence-corrected chi connectivity index (χ1v) is 6.93.